The number of aliphatic hydroxyl groups is 1. The summed E-state index contributed by atoms with van der Waals surface area (Å²) in [5.74, 6) is 0.434. The number of nitrogens with zero attached hydrogens (tertiary/aromatic N) is 4. The Morgan fingerprint density at radius 2 is 1.81 bits per heavy atom. The van der Waals surface area contributed by atoms with Gasteiger partial charge in [-0.1, -0.05) is 25.3 Å². The Morgan fingerprint density at radius 1 is 0.969 bits per heavy atom. The Bertz CT molecular complexity index is 1230. The topological polar surface area (TPSA) is 70.0 Å². The predicted molar refractivity (Wildman–Crippen MR) is 129 cm³/mol. The van der Waals surface area contributed by atoms with Gasteiger partial charge in [-0.05, 0) is 61.4 Å². The van der Waals surface area contributed by atoms with Crippen LogP contribution in [0.5, 0.6) is 0 Å². The van der Waals surface area contributed by atoms with E-state index >= 15 is 0 Å². The van der Waals surface area contributed by atoms with Crippen molar-refractivity contribution >= 4 is 27.8 Å². The fraction of sp³-hybridized carbons (Fsp3) is 0.462. The van der Waals surface area contributed by atoms with E-state index in [2.05, 4.69) is 49.8 Å². The average Bonchev–Trinajstić information content (AvgIpc) is 3.50. The maximum Gasteiger partial charge on any atom is 0.0962 e. The number of imidazole rings is 2. The molecule has 0 bridgehead atoms. The maximum absolute atomic E-state index is 9.49. The van der Waals surface area contributed by atoms with Gasteiger partial charge in [-0.15, -0.1) is 0 Å². The summed E-state index contributed by atoms with van der Waals surface area (Å²) in [5, 5.41) is 9.49. The first-order chi connectivity index (χ1) is 15.8. The molecule has 0 spiro atoms. The zero-order valence-electron chi connectivity index (χ0n) is 18.5. The SMILES string of the molecule is OCC1CCN(c2cc(-c3ccc4c(c3)ncn4C3CCCCC3)c3nc[nH]c3c2)CC1. The fourth-order valence-corrected chi connectivity index (χ4v) is 5.66. The van der Waals surface area contributed by atoms with E-state index in [-0.39, 0.29) is 0 Å². The maximum atomic E-state index is 9.49. The number of aliphatic hydroxyl groups excluding tert-OH is 1. The van der Waals surface area contributed by atoms with Gasteiger partial charge in [0.15, 0.2) is 0 Å². The van der Waals surface area contributed by atoms with Crippen LogP contribution in [0.2, 0.25) is 0 Å². The molecule has 4 aromatic rings. The van der Waals surface area contributed by atoms with Gasteiger partial charge < -0.3 is 19.6 Å². The summed E-state index contributed by atoms with van der Waals surface area (Å²) in [6.45, 7) is 2.26. The number of fused-ring (bicyclic) bond motifs is 2. The van der Waals surface area contributed by atoms with Crippen molar-refractivity contribution in [2.24, 2.45) is 5.92 Å². The molecule has 2 N–H and O–H groups in total. The smallest absolute Gasteiger partial charge is 0.0962 e. The van der Waals surface area contributed by atoms with Gasteiger partial charge in [-0.2, -0.15) is 0 Å². The zero-order valence-corrected chi connectivity index (χ0v) is 18.5. The number of hydrogen-bond acceptors (Lipinski definition) is 4. The molecule has 1 saturated heterocycles. The van der Waals surface area contributed by atoms with Crippen molar-refractivity contribution in [3.05, 3.63) is 43.0 Å². The lowest BCUT2D eigenvalue weighted by Crippen LogP contribution is -2.34. The van der Waals surface area contributed by atoms with E-state index in [0.29, 0.717) is 18.6 Å². The monoisotopic (exact) mass is 429 g/mol. The van der Waals surface area contributed by atoms with E-state index in [1.165, 1.54) is 43.3 Å². The third kappa shape index (κ3) is 3.47. The highest BCUT2D eigenvalue weighted by Gasteiger charge is 2.21. The van der Waals surface area contributed by atoms with E-state index in [4.69, 9.17) is 4.98 Å². The Morgan fingerprint density at radius 3 is 2.62 bits per heavy atom. The van der Waals surface area contributed by atoms with Crippen LogP contribution in [0.3, 0.4) is 0 Å². The Balaban J connectivity index is 1.37. The second kappa shape index (κ2) is 8.24. The van der Waals surface area contributed by atoms with Gasteiger partial charge in [0, 0.05) is 37.0 Å². The quantitative estimate of drug-likeness (QED) is 0.462. The molecule has 32 heavy (non-hydrogen) atoms. The van der Waals surface area contributed by atoms with Gasteiger partial charge in [0.2, 0.25) is 0 Å². The number of rotatable bonds is 4. The van der Waals surface area contributed by atoms with Crippen LogP contribution in [0.25, 0.3) is 33.2 Å². The van der Waals surface area contributed by atoms with E-state index in [1.807, 2.05) is 6.33 Å². The first kappa shape index (κ1) is 19.8. The van der Waals surface area contributed by atoms with Crippen LogP contribution in [0.4, 0.5) is 5.69 Å². The van der Waals surface area contributed by atoms with E-state index in [0.717, 1.165) is 53.6 Å². The van der Waals surface area contributed by atoms with Gasteiger partial charge in [0.05, 0.1) is 34.7 Å². The minimum absolute atomic E-state index is 0.298. The molecule has 0 atom stereocenters. The number of aromatic amines is 1. The van der Waals surface area contributed by atoms with Gasteiger partial charge >= 0.3 is 0 Å². The van der Waals surface area contributed by atoms with Crippen LogP contribution >= 0.6 is 0 Å². The third-order valence-electron chi connectivity index (χ3n) is 7.60. The minimum atomic E-state index is 0.298. The first-order valence-corrected chi connectivity index (χ1v) is 12.1. The van der Waals surface area contributed by atoms with Crippen molar-refractivity contribution in [1.82, 2.24) is 19.5 Å². The molecule has 0 amide bonds. The Kier molecular flexibility index (Phi) is 5.10. The van der Waals surface area contributed by atoms with Gasteiger partial charge in [-0.25, -0.2) is 9.97 Å². The molecule has 3 heterocycles. The molecular weight excluding hydrogens is 398 g/mol. The van der Waals surface area contributed by atoms with Crippen LogP contribution in [0.15, 0.2) is 43.0 Å². The standard InChI is InChI=1S/C26H31N5O/c32-15-18-8-10-30(11-9-18)21-13-22(26-24(14-21)27-16-28-26)19-6-7-25-23(12-19)29-17-31(25)20-4-2-1-3-5-20/h6-7,12-14,16-18,20,32H,1-5,8-11,15H2,(H,27,28). The lowest BCUT2D eigenvalue weighted by atomic mass is 9.95. The number of benzene rings is 2. The van der Waals surface area contributed by atoms with E-state index < -0.39 is 0 Å². The second-order valence-electron chi connectivity index (χ2n) is 9.55. The van der Waals surface area contributed by atoms with Crippen LogP contribution in [0.1, 0.15) is 51.0 Å². The summed E-state index contributed by atoms with van der Waals surface area (Å²) < 4.78 is 2.39. The molecule has 6 heteroatoms. The molecule has 2 aromatic carbocycles. The van der Waals surface area contributed by atoms with Crippen LogP contribution < -0.4 is 4.90 Å². The summed E-state index contributed by atoms with van der Waals surface area (Å²) in [7, 11) is 0. The molecule has 2 aliphatic rings. The normalized spacial score (nSPS) is 18.7. The van der Waals surface area contributed by atoms with Gasteiger partial charge in [0.25, 0.3) is 0 Å². The number of aromatic nitrogens is 4. The lowest BCUT2D eigenvalue weighted by Gasteiger charge is -2.33. The van der Waals surface area contributed by atoms with Crippen LogP contribution in [-0.2, 0) is 0 Å². The summed E-state index contributed by atoms with van der Waals surface area (Å²) in [6, 6.07) is 11.8. The highest BCUT2D eigenvalue weighted by Crippen LogP contribution is 2.36. The molecule has 6 rings (SSSR count). The van der Waals surface area contributed by atoms with Gasteiger partial charge in [-0.3, -0.25) is 0 Å². The van der Waals surface area contributed by atoms with E-state index in [1.54, 1.807) is 6.33 Å². The molecule has 6 nitrogen and oxygen atoms in total. The highest BCUT2D eigenvalue weighted by molar-refractivity contribution is 5.97. The molecular formula is C26H31N5O. The average molecular weight is 430 g/mol. The summed E-state index contributed by atoms with van der Waals surface area (Å²) >= 11 is 0. The minimum Gasteiger partial charge on any atom is -0.396 e. The number of anilines is 1. The van der Waals surface area contributed by atoms with Crippen molar-refractivity contribution in [2.45, 2.75) is 51.0 Å². The second-order valence-corrected chi connectivity index (χ2v) is 9.55. The molecule has 2 aromatic heterocycles. The lowest BCUT2D eigenvalue weighted by molar-refractivity contribution is 0.203. The molecule has 1 saturated carbocycles. The number of H-pyrrole nitrogens is 1. The Hall–Kier alpha value is -2.86. The molecule has 1 aliphatic heterocycles. The van der Waals surface area contributed by atoms with Crippen LogP contribution in [-0.4, -0.2) is 44.3 Å². The van der Waals surface area contributed by atoms with Crippen molar-refractivity contribution in [2.75, 3.05) is 24.6 Å². The Labute approximate surface area is 188 Å². The highest BCUT2D eigenvalue weighted by atomic mass is 16.3. The largest absolute Gasteiger partial charge is 0.396 e. The molecule has 1 aliphatic carbocycles. The predicted octanol–water partition coefficient (Wildman–Crippen LogP) is 5.29. The summed E-state index contributed by atoms with van der Waals surface area (Å²) in [6.07, 6.45) is 12.4. The molecule has 166 valence electrons. The summed E-state index contributed by atoms with van der Waals surface area (Å²) in [5.41, 5.74) is 7.90. The van der Waals surface area contributed by atoms with E-state index in [9.17, 15) is 5.11 Å². The van der Waals surface area contributed by atoms with Gasteiger partial charge in [0.1, 0.15) is 0 Å². The molecule has 2 fully saturated rings. The fourth-order valence-electron chi connectivity index (χ4n) is 5.66. The molecule has 0 unspecified atom stereocenters. The third-order valence-corrected chi connectivity index (χ3v) is 7.60. The number of nitrogens with one attached hydrogen (secondary N) is 1. The molecule has 0 radical (unpaired) electrons. The zero-order chi connectivity index (χ0) is 21.5. The van der Waals surface area contributed by atoms with Crippen molar-refractivity contribution in [3.8, 4) is 11.1 Å². The number of piperidine rings is 1. The summed E-state index contributed by atoms with van der Waals surface area (Å²) in [4.78, 5) is 15.2. The first-order valence-electron chi connectivity index (χ1n) is 12.1. The van der Waals surface area contributed by atoms with Crippen molar-refractivity contribution in [1.29, 1.82) is 0 Å². The van der Waals surface area contributed by atoms with Crippen LogP contribution in [0, 0.1) is 5.92 Å². The van der Waals surface area contributed by atoms with Crippen molar-refractivity contribution < 1.29 is 5.11 Å². The van der Waals surface area contributed by atoms with Crippen molar-refractivity contribution in [3.63, 3.8) is 0 Å². The number of hydrogen-bond donors (Lipinski definition) is 2.